The SMILES string of the molecule is CC(=O)N[C@H]1[C@H]([C@H](O)[C@H](O)CNC(=O)c2ccc(Cl)cc2)O[C@@](OCc2cccc(F)c2F)(C(=O)[O-])C[C@@H]1OC(=O)Nc1ccccc1.[Na+]. The third kappa shape index (κ3) is 10.4. The number of aliphatic hydroxyl groups excluding tert-OH is 2. The molecule has 0 radical (unpaired) electrons. The summed E-state index contributed by atoms with van der Waals surface area (Å²) in [5.41, 5.74) is 0.0422. The zero-order valence-corrected chi connectivity index (χ0v) is 29.0. The van der Waals surface area contributed by atoms with Gasteiger partial charge in [0, 0.05) is 41.7 Å². The Hall–Kier alpha value is -3.67. The van der Waals surface area contributed by atoms with Crippen molar-refractivity contribution >= 4 is 41.2 Å². The van der Waals surface area contributed by atoms with Crippen LogP contribution in [0.25, 0.3) is 0 Å². The van der Waals surface area contributed by atoms with Gasteiger partial charge < -0.3 is 45.0 Å². The van der Waals surface area contributed by atoms with Crippen molar-refractivity contribution in [3.05, 3.63) is 101 Å². The Kier molecular flexibility index (Phi) is 14.5. The standard InChI is InChI=1S/C32H32ClF2N3O10.Na/c1-17(39)37-26-24(47-31(45)38-21-7-3-2-4-8-21)14-32(30(43)44,46-16-19-6-5-9-22(34)25(19)35)48-28(26)27(41)23(40)15-36-29(42)18-10-12-20(33)13-11-18;/h2-13,23-24,26-28,40-41H,14-16H2,1H3,(H,36,42)(H,37,39)(H,38,45)(H,43,44);/q;+1/p-1/t23-,24+,26-,27-,28-,32-;/m1./s1. The van der Waals surface area contributed by atoms with Crippen LogP contribution in [0.2, 0.25) is 5.02 Å². The van der Waals surface area contributed by atoms with Crippen LogP contribution in [0.3, 0.4) is 0 Å². The molecule has 5 N–H and O–H groups in total. The molecule has 49 heavy (non-hydrogen) atoms. The van der Waals surface area contributed by atoms with Gasteiger partial charge in [0.05, 0.1) is 18.8 Å². The van der Waals surface area contributed by atoms with Crippen LogP contribution in [0, 0.1) is 11.6 Å². The van der Waals surface area contributed by atoms with Gasteiger partial charge in [0.1, 0.15) is 24.3 Å². The normalized spacial score (nSPS) is 21.3. The minimum atomic E-state index is -2.91. The molecule has 1 fully saturated rings. The smallest absolute Gasteiger partial charge is 0.544 e. The maximum absolute atomic E-state index is 14.4. The van der Waals surface area contributed by atoms with E-state index in [2.05, 4.69) is 16.0 Å². The quantitative estimate of drug-likeness (QED) is 0.140. The molecule has 1 aliphatic rings. The molecule has 256 valence electrons. The summed E-state index contributed by atoms with van der Waals surface area (Å²) in [7, 11) is 0. The number of para-hydroxylation sites is 1. The zero-order valence-electron chi connectivity index (χ0n) is 26.2. The maximum Gasteiger partial charge on any atom is 1.00 e. The van der Waals surface area contributed by atoms with E-state index in [0.717, 1.165) is 25.1 Å². The fourth-order valence-corrected chi connectivity index (χ4v) is 5.06. The van der Waals surface area contributed by atoms with Crippen molar-refractivity contribution in [2.24, 2.45) is 0 Å². The van der Waals surface area contributed by atoms with Crippen molar-refractivity contribution in [2.45, 2.75) is 56.2 Å². The van der Waals surface area contributed by atoms with Crippen LogP contribution in [-0.2, 0) is 30.4 Å². The first-order chi connectivity index (χ1) is 22.8. The topological polar surface area (TPSA) is 196 Å². The molecule has 17 heteroatoms. The van der Waals surface area contributed by atoms with E-state index in [0.29, 0.717) is 5.02 Å². The van der Waals surface area contributed by atoms with Crippen LogP contribution in [-0.4, -0.2) is 76.9 Å². The molecule has 3 aromatic rings. The minimum absolute atomic E-state index is 0. The number of ether oxygens (including phenoxy) is 3. The fraction of sp³-hybridized carbons (Fsp3) is 0.312. The summed E-state index contributed by atoms with van der Waals surface area (Å²) < 4.78 is 45.0. The van der Waals surface area contributed by atoms with Gasteiger partial charge in [-0.05, 0) is 42.5 Å². The average Bonchev–Trinajstić information content (AvgIpc) is 3.05. The van der Waals surface area contributed by atoms with Crippen molar-refractivity contribution in [1.29, 1.82) is 0 Å². The second-order valence-corrected chi connectivity index (χ2v) is 11.2. The molecule has 4 rings (SSSR count). The van der Waals surface area contributed by atoms with Gasteiger partial charge in [0.15, 0.2) is 11.6 Å². The monoisotopic (exact) mass is 713 g/mol. The Morgan fingerprint density at radius 3 is 2.35 bits per heavy atom. The van der Waals surface area contributed by atoms with Crippen molar-refractivity contribution in [3.8, 4) is 0 Å². The molecule has 0 bridgehead atoms. The Labute approximate surface area is 306 Å². The van der Waals surface area contributed by atoms with E-state index < -0.39 is 96.9 Å². The number of carboxylic acids is 1. The Morgan fingerprint density at radius 1 is 1.04 bits per heavy atom. The van der Waals surface area contributed by atoms with Crippen molar-refractivity contribution < 1.29 is 87.0 Å². The molecule has 1 heterocycles. The number of carboxylic acid groups (broad SMARTS) is 1. The van der Waals surface area contributed by atoms with Gasteiger partial charge in [-0.25, -0.2) is 13.6 Å². The van der Waals surface area contributed by atoms with Crippen molar-refractivity contribution in [3.63, 3.8) is 0 Å². The summed E-state index contributed by atoms with van der Waals surface area (Å²) in [6, 6.07) is 15.3. The molecule has 0 aromatic heterocycles. The summed E-state index contributed by atoms with van der Waals surface area (Å²) in [6.07, 6.45) is -9.54. The summed E-state index contributed by atoms with van der Waals surface area (Å²) in [4.78, 5) is 50.5. The predicted octanol–water partition coefficient (Wildman–Crippen LogP) is -1.35. The molecule has 0 spiro atoms. The Bertz CT molecular complexity index is 1620. The van der Waals surface area contributed by atoms with E-state index in [1.807, 2.05) is 0 Å². The summed E-state index contributed by atoms with van der Waals surface area (Å²) >= 11 is 5.85. The average molecular weight is 714 g/mol. The third-order valence-electron chi connectivity index (χ3n) is 7.31. The molecule has 13 nitrogen and oxygen atoms in total. The van der Waals surface area contributed by atoms with E-state index >= 15 is 0 Å². The summed E-state index contributed by atoms with van der Waals surface area (Å²) in [6.45, 7) is -0.423. The first-order valence-electron chi connectivity index (χ1n) is 14.5. The van der Waals surface area contributed by atoms with Crippen LogP contribution in [0.5, 0.6) is 0 Å². The van der Waals surface area contributed by atoms with E-state index in [9.17, 15) is 43.3 Å². The molecule has 0 aliphatic carbocycles. The van der Waals surface area contributed by atoms with Crippen LogP contribution in [0.15, 0.2) is 72.8 Å². The summed E-state index contributed by atoms with van der Waals surface area (Å²) in [5, 5.41) is 42.5. The zero-order chi connectivity index (χ0) is 35.0. The van der Waals surface area contributed by atoms with E-state index in [-0.39, 0.29) is 40.8 Å². The second-order valence-electron chi connectivity index (χ2n) is 10.8. The van der Waals surface area contributed by atoms with Crippen molar-refractivity contribution in [2.75, 3.05) is 11.9 Å². The molecule has 3 amide bonds. The molecule has 0 unspecified atom stereocenters. The Morgan fingerprint density at radius 2 is 1.71 bits per heavy atom. The number of halogens is 3. The number of benzene rings is 3. The van der Waals surface area contributed by atoms with Crippen molar-refractivity contribution in [1.82, 2.24) is 10.6 Å². The fourth-order valence-electron chi connectivity index (χ4n) is 4.94. The van der Waals surface area contributed by atoms with E-state index in [4.69, 9.17) is 25.8 Å². The first kappa shape index (κ1) is 39.8. The first-order valence-corrected chi connectivity index (χ1v) is 14.8. The number of hydrogen-bond donors (Lipinski definition) is 5. The molecule has 0 saturated carbocycles. The van der Waals surface area contributed by atoms with Gasteiger partial charge in [0.2, 0.25) is 11.7 Å². The van der Waals surface area contributed by atoms with Gasteiger partial charge in [-0.15, -0.1) is 0 Å². The van der Waals surface area contributed by atoms with Crippen LogP contribution in [0.1, 0.15) is 29.3 Å². The number of anilines is 1. The van der Waals surface area contributed by atoms with Crippen LogP contribution in [0.4, 0.5) is 19.3 Å². The van der Waals surface area contributed by atoms with Crippen LogP contribution >= 0.6 is 11.6 Å². The number of aliphatic hydroxyl groups is 2. The molecular formula is C32H31ClF2N3NaO10. The van der Waals surface area contributed by atoms with Gasteiger partial charge in [-0.2, -0.15) is 0 Å². The molecule has 3 aromatic carbocycles. The number of aliphatic carboxylic acids is 1. The maximum atomic E-state index is 14.4. The Balaban J connectivity index is 0.00000650. The number of carbonyl (C=O) groups excluding carboxylic acids is 4. The summed E-state index contributed by atoms with van der Waals surface area (Å²) in [5.74, 6) is -8.96. The molecule has 6 atom stereocenters. The number of amides is 3. The van der Waals surface area contributed by atoms with Crippen LogP contribution < -0.4 is 50.6 Å². The van der Waals surface area contributed by atoms with Gasteiger partial charge in [0.25, 0.3) is 5.91 Å². The molecule has 1 saturated heterocycles. The largest absolute Gasteiger partial charge is 1.00 e. The number of hydrogen-bond acceptors (Lipinski definition) is 10. The van der Waals surface area contributed by atoms with Gasteiger partial charge >= 0.3 is 35.7 Å². The minimum Gasteiger partial charge on any atom is -0.544 e. The third-order valence-corrected chi connectivity index (χ3v) is 7.56. The number of rotatable bonds is 12. The number of nitrogens with one attached hydrogen (secondary N) is 3. The van der Waals surface area contributed by atoms with Gasteiger partial charge in [-0.3, -0.25) is 14.9 Å². The number of carbonyl (C=O) groups is 4. The molecular weight excluding hydrogens is 683 g/mol. The second kappa shape index (κ2) is 17.8. The van der Waals surface area contributed by atoms with Gasteiger partial charge in [-0.1, -0.05) is 41.9 Å². The molecule has 1 aliphatic heterocycles. The van der Waals surface area contributed by atoms with E-state index in [1.165, 1.54) is 36.4 Å². The van der Waals surface area contributed by atoms with E-state index in [1.54, 1.807) is 18.2 Å². The predicted molar refractivity (Wildman–Crippen MR) is 162 cm³/mol.